The third-order valence-electron chi connectivity index (χ3n) is 4.31. The summed E-state index contributed by atoms with van der Waals surface area (Å²) < 4.78 is 11.5. The van der Waals surface area contributed by atoms with Crippen LogP contribution in [0.1, 0.15) is 25.3 Å². The van der Waals surface area contributed by atoms with E-state index in [0.29, 0.717) is 13.2 Å². The first-order chi connectivity index (χ1) is 12.3. The average Bonchev–Trinajstić information content (AvgIpc) is 2.66. The molecule has 26 heavy (non-hydrogen) atoms. The summed E-state index contributed by atoms with van der Waals surface area (Å²) in [5.74, 6) is 1.96. The molecule has 0 amide bonds. The molecule has 0 unspecified atom stereocenters. The molecule has 5 nitrogen and oxygen atoms in total. The summed E-state index contributed by atoms with van der Waals surface area (Å²) in [6, 6.07) is 10.2. The van der Waals surface area contributed by atoms with Gasteiger partial charge < -0.3 is 20.1 Å². The number of hydrogen-bond acceptors (Lipinski definition) is 4. The highest BCUT2D eigenvalue weighted by atomic mass is 127. The van der Waals surface area contributed by atoms with Crippen molar-refractivity contribution in [2.24, 2.45) is 4.99 Å². The standard InChI is InChI=1S/C19H31N3O2S.HI/c1-3-25-19(9-12-23-13-10-19)16-22-18(20-2)21-11-14-24-15-17-7-5-4-6-8-17;/h4-8H,3,9-16H2,1-2H3,(H2,20,21,22);1H. The number of rotatable bonds is 9. The van der Waals surface area contributed by atoms with Gasteiger partial charge in [0.25, 0.3) is 0 Å². The predicted molar refractivity (Wildman–Crippen MR) is 122 cm³/mol. The molecule has 7 heteroatoms. The Kier molecular flexibility index (Phi) is 12.3. The van der Waals surface area contributed by atoms with Gasteiger partial charge >= 0.3 is 0 Å². The number of guanidine groups is 1. The molecule has 1 aromatic carbocycles. The molecule has 1 saturated heterocycles. The van der Waals surface area contributed by atoms with Crippen LogP contribution < -0.4 is 10.6 Å². The highest BCUT2D eigenvalue weighted by Crippen LogP contribution is 2.34. The second-order valence-electron chi connectivity index (χ2n) is 6.12. The summed E-state index contributed by atoms with van der Waals surface area (Å²) in [4.78, 5) is 4.32. The second-order valence-corrected chi connectivity index (χ2v) is 7.85. The van der Waals surface area contributed by atoms with Crippen LogP contribution in [0.3, 0.4) is 0 Å². The van der Waals surface area contributed by atoms with E-state index in [9.17, 15) is 0 Å². The zero-order chi connectivity index (χ0) is 17.8. The van der Waals surface area contributed by atoms with Crippen molar-refractivity contribution < 1.29 is 9.47 Å². The van der Waals surface area contributed by atoms with Crippen LogP contribution in [-0.4, -0.2) is 56.4 Å². The Morgan fingerprint density at radius 1 is 1.23 bits per heavy atom. The Balaban J connectivity index is 0.00000338. The summed E-state index contributed by atoms with van der Waals surface area (Å²) >= 11 is 2.03. The van der Waals surface area contributed by atoms with E-state index in [0.717, 1.165) is 50.9 Å². The van der Waals surface area contributed by atoms with Gasteiger partial charge in [-0.3, -0.25) is 4.99 Å². The zero-order valence-corrected chi connectivity index (χ0v) is 19.0. The molecule has 0 saturated carbocycles. The van der Waals surface area contributed by atoms with Crippen LogP contribution in [-0.2, 0) is 16.1 Å². The van der Waals surface area contributed by atoms with E-state index >= 15 is 0 Å². The van der Waals surface area contributed by atoms with Gasteiger partial charge in [0.1, 0.15) is 0 Å². The van der Waals surface area contributed by atoms with Crippen LogP contribution in [0.25, 0.3) is 0 Å². The lowest BCUT2D eigenvalue weighted by Gasteiger charge is -2.37. The Hall–Kier alpha value is -0.510. The SMILES string of the molecule is CCSC1(CNC(=NC)NCCOCc2ccccc2)CCOCC1.I. The zero-order valence-electron chi connectivity index (χ0n) is 15.8. The van der Waals surface area contributed by atoms with E-state index in [-0.39, 0.29) is 28.7 Å². The quantitative estimate of drug-likeness (QED) is 0.239. The first-order valence-corrected chi connectivity index (χ1v) is 10.0. The topological polar surface area (TPSA) is 54.9 Å². The van der Waals surface area contributed by atoms with Crippen LogP contribution in [0.5, 0.6) is 0 Å². The highest BCUT2D eigenvalue weighted by Gasteiger charge is 2.32. The van der Waals surface area contributed by atoms with Crippen molar-refractivity contribution in [1.82, 2.24) is 10.6 Å². The largest absolute Gasteiger partial charge is 0.381 e. The van der Waals surface area contributed by atoms with Crippen molar-refractivity contribution in [2.45, 2.75) is 31.1 Å². The van der Waals surface area contributed by atoms with Crippen molar-refractivity contribution in [3.05, 3.63) is 35.9 Å². The molecule has 2 rings (SSSR count). The summed E-state index contributed by atoms with van der Waals surface area (Å²) in [6.07, 6.45) is 2.19. The summed E-state index contributed by atoms with van der Waals surface area (Å²) in [5, 5.41) is 6.81. The fourth-order valence-corrected chi connectivity index (χ4v) is 4.13. The van der Waals surface area contributed by atoms with E-state index in [4.69, 9.17) is 9.47 Å². The second kappa shape index (κ2) is 13.6. The lowest BCUT2D eigenvalue weighted by atomic mass is 9.99. The number of nitrogens with zero attached hydrogens (tertiary/aromatic N) is 1. The minimum Gasteiger partial charge on any atom is -0.381 e. The molecule has 1 fully saturated rings. The lowest BCUT2D eigenvalue weighted by molar-refractivity contribution is 0.0782. The van der Waals surface area contributed by atoms with E-state index < -0.39 is 0 Å². The van der Waals surface area contributed by atoms with E-state index in [1.807, 2.05) is 37.0 Å². The molecule has 0 atom stereocenters. The summed E-state index contributed by atoms with van der Waals surface area (Å²) in [5.41, 5.74) is 1.20. The molecular weight excluding hydrogens is 461 g/mol. The molecule has 0 aliphatic carbocycles. The van der Waals surface area contributed by atoms with Gasteiger partial charge in [0.2, 0.25) is 0 Å². The Morgan fingerprint density at radius 3 is 2.62 bits per heavy atom. The van der Waals surface area contributed by atoms with Crippen molar-refractivity contribution in [3.63, 3.8) is 0 Å². The number of ether oxygens (including phenoxy) is 2. The summed E-state index contributed by atoms with van der Waals surface area (Å²) in [6.45, 7) is 6.88. The first-order valence-electron chi connectivity index (χ1n) is 9.06. The molecule has 1 aliphatic heterocycles. The van der Waals surface area contributed by atoms with Gasteiger partial charge in [-0.2, -0.15) is 11.8 Å². The van der Waals surface area contributed by atoms with Crippen LogP contribution in [0.4, 0.5) is 0 Å². The van der Waals surface area contributed by atoms with Gasteiger partial charge in [-0.15, -0.1) is 24.0 Å². The van der Waals surface area contributed by atoms with Gasteiger partial charge in [-0.05, 0) is 24.2 Å². The molecule has 1 heterocycles. The average molecular weight is 493 g/mol. The predicted octanol–water partition coefficient (Wildman–Crippen LogP) is 3.29. The van der Waals surface area contributed by atoms with E-state index in [1.54, 1.807) is 0 Å². The molecule has 0 aromatic heterocycles. The monoisotopic (exact) mass is 493 g/mol. The van der Waals surface area contributed by atoms with Crippen LogP contribution >= 0.6 is 35.7 Å². The molecule has 0 radical (unpaired) electrons. The van der Waals surface area contributed by atoms with Crippen LogP contribution in [0.2, 0.25) is 0 Å². The van der Waals surface area contributed by atoms with Crippen LogP contribution in [0, 0.1) is 0 Å². The smallest absolute Gasteiger partial charge is 0.191 e. The van der Waals surface area contributed by atoms with E-state index in [2.05, 4.69) is 34.7 Å². The van der Waals surface area contributed by atoms with Crippen molar-refractivity contribution in [3.8, 4) is 0 Å². The lowest BCUT2D eigenvalue weighted by Crippen LogP contribution is -2.48. The molecule has 2 N–H and O–H groups in total. The third kappa shape index (κ3) is 8.45. The Morgan fingerprint density at radius 2 is 1.96 bits per heavy atom. The normalized spacial score (nSPS) is 16.6. The molecule has 1 aliphatic rings. The molecule has 148 valence electrons. The maximum atomic E-state index is 5.70. The number of aliphatic imine (C=N–C) groups is 1. The minimum atomic E-state index is 0. The number of thioether (sulfide) groups is 1. The van der Waals surface area contributed by atoms with E-state index in [1.165, 1.54) is 5.56 Å². The van der Waals surface area contributed by atoms with Gasteiger partial charge in [0.05, 0.1) is 13.2 Å². The summed E-state index contributed by atoms with van der Waals surface area (Å²) in [7, 11) is 1.81. The number of hydrogen-bond donors (Lipinski definition) is 2. The molecule has 0 bridgehead atoms. The fourth-order valence-electron chi connectivity index (χ4n) is 2.89. The van der Waals surface area contributed by atoms with Gasteiger partial charge in [-0.25, -0.2) is 0 Å². The Bertz CT molecular complexity index is 505. The van der Waals surface area contributed by atoms with Crippen molar-refractivity contribution in [2.75, 3.05) is 45.7 Å². The first kappa shape index (κ1) is 23.5. The van der Waals surface area contributed by atoms with Gasteiger partial charge in [-0.1, -0.05) is 37.3 Å². The molecule has 1 aromatic rings. The minimum absolute atomic E-state index is 0. The number of benzene rings is 1. The van der Waals surface area contributed by atoms with Crippen molar-refractivity contribution in [1.29, 1.82) is 0 Å². The number of nitrogens with one attached hydrogen (secondary N) is 2. The van der Waals surface area contributed by atoms with Gasteiger partial charge in [0, 0.05) is 38.1 Å². The maximum absolute atomic E-state index is 5.70. The number of halogens is 1. The molecule has 0 spiro atoms. The highest BCUT2D eigenvalue weighted by molar-refractivity contribution is 14.0. The van der Waals surface area contributed by atoms with Crippen molar-refractivity contribution >= 4 is 41.7 Å². The van der Waals surface area contributed by atoms with Gasteiger partial charge in [0.15, 0.2) is 5.96 Å². The third-order valence-corrected chi connectivity index (χ3v) is 5.76. The fraction of sp³-hybridized carbons (Fsp3) is 0.632. The maximum Gasteiger partial charge on any atom is 0.191 e. The van der Waals surface area contributed by atoms with Crippen LogP contribution in [0.15, 0.2) is 35.3 Å². The Labute approximate surface area is 179 Å². The molecular formula is C19H32IN3O2S.